The lowest BCUT2D eigenvalue weighted by atomic mass is 9.99. The first-order valence-corrected chi connectivity index (χ1v) is 6.85. The Labute approximate surface area is 126 Å². The van der Waals surface area contributed by atoms with E-state index in [-0.39, 0.29) is 0 Å². The Kier molecular flexibility index (Phi) is 7.55. The van der Waals surface area contributed by atoms with E-state index >= 15 is 0 Å². The number of rotatable bonds is 7. The zero-order valence-electron chi connectivity index (χ0n) is 12.0. The van der Waals surface area contributed by atoms with E-state index in [0.717, 1.165) is 0 Å². The summed E-state index contributed by atoms with van der Waals surface area (Å²) in [5.41, 5.74) is 0. The second kappa shape index (κ2) is 8.45. The zero-order valence-corrected chi connectivity index (χ0v) is 12.0. The van der Waals surface area contributed by atoms with Crippen LogP contribution in [0.1, 0.15) is 6.92 Å². The summed E-state index contributed by atoms with van der Waals surface area (Å²) in [6.07, 6.45) is -13.8. The van der Waals surface area contributed by atoms with Gasteiger partial charge in [-0.3, -0.25) is 0 Å². The van der Waals surface area contributed by atoms with Gasteiger partial charge in [-0.2, -0.15) is 0 Å². The van der Waals surface area contributed by atoms with E-state index in [2.05, 4.69) is 0 Å². The van der Waals surface area contributed by atoms with Gasteiger partial charge < -0.3 is 50.3 Å². The molecule has 132 valence electrons. The maximum absolute atomic E-state index is 9.82. The Balaban J connectivity index is 2.84. The molecule has 0 unspecified atom stereocenters. The van der Waals surface area contributed by atoms with Crippen molar-refractivity contribution in [2.75, 3.05) is 13.2 Å². The Bertz CT molecular complexity index is 329. The molecular weight excluding hydrogens is 304 g/mol. The molecule has 0 aromatic heterocycles. The van der Waals surface area contributed by atoms with Crippen LogP contribution in [0.4, 0.5) is 0 Å². The zero-order chi connectivity index (χ0) is 17.0. The van der Waals surface area contributed by atoms with Gasteiger partial charge in [-0.25, -0.2) is 0 Å². The van der Waals surface area contributed by atoms with Crippen molar-refractivity contribution in [3.8, 4) is 0 Å². The van der Waals surface area contributed by atoms with Crippen LogP contribution >= 0.6 is 0 Å². The lowest BCUT2D eigenvalue weighted by Crippen LogP contribution is -2.60. The predicted molar refractivity (Wildman–Crippen MR) is 69.4 cm³/mol. The van der Waals surface area contributed by atoms with Crippen LogP contribution in [0.5, 0.6) is 0 Å². The van der Waals surface area contributed by atoms with E-state index < -0.39 is 68.3 Å². The highest BCUT2D eigenvalue weighted by Crippen LogP contribution is 2.24. The molecule has 22 heavy (non-hydrogen) atoms. The maximum Gasteiger partial charge on any atom is 0.187 e. The first kappa shape index (κ1) is 19.6. The molecule has 1 aliphatic heterocycles. The molecule has 10 nitrogen and oxygen atoms in total. The standard InChI is InChI=1S/C12H24O10/c1-4-7(17)9(19)10(20)12(21-4)22-11(6(16)3-14)8(18)5(15)2-13/h4-20H,2-3H2,1H3/t4-,5+,6+,7+,8+,9+,10-,11+,12-/m0/s1. The summed E-state index contributed by atoms with van der Waals surface area (Å²) in [7, 11) is 0. The summed E-state index contributed by atoms with van der Waals surface area (Å²) in [4.78, 5) is 0. The normalized spacial score (nSPS) is 38.3. The highest BCUT2D eigenvalue weighted by atomic mass is 16.7. The molecule has 8 N–H and O–H groups in total. The minimum absolute atomic E-state index is 0.828. The first-order chi connectivity index (χ1) is 10.2. The minimum Gasteiger partial charge on any atom is -0.394 e. The van der Waals surface area contributed by atoms with Crippen LogP contribution < -0.4 is 0 Å². The Morgan fingerprint density at radius 2 is 1.45 bits per heavy atom. The molecule has 1 heterocycles. The topological polar surface area (TPSA) is 180 Å². The molecular formula is C12H24O10. The van der Waals surface area contributed by atoms with E-state index in [4.69, 9.17) is 19.7 Å². The molecule has 0 aromatic rings. The van der Waals surface area contributed by atoms with Crippen molar-refractivity contribution in [3.05, 3.63) is 0 Å². The van der Waals surface area contributed by atoms with Crippen molar-refractivity contribution < 1.29 is 50.3 Å². The summed E-state index contributed by atoms with van der Waals surface area (Å²) in [5.74, 6) is 0. The van der Waals surface area contributed by atoms with Crippen molar-refractivity contribution in [3.63, 3.8) is 0 Å². The fourth-order valence-corrected chi connectivity index (χ4v) is 2.11. The van der Waals surface area contributed by atoms with Gasteiger partial charge in [0.25, 0.3) is 0 Å². The second-order valence-electron chi connectivity index (χ2n) is 5.27. The molecule has 0 saturated carbocycles. The fourth-order valence-electron chi connectivity index (χ4n) is 2.11. The maximum atomic E-state index is 9.82. The predicted octanol–water partition coefficient (Wildman–Crippen LogP) is -4.73. The molecule has 0 aliphatic carbocycles. The van der Waals surface area contributed by atoms with Crippen molar-refractivity contribution >= 4 is 0 Å². The third-order valence-corrected chi connectivity index (χ3v) is 3.58. The van der Waals surface area contributed by atoms with E-state index in [9.17, 15) is 30.6 Å². The fraction of sp³-hybridized carbons (Fsp3) is 1.00. The summed E-state index contributed by atoms with van der Waals surface area (Å²) < 4.78 is 10.3. The summed E-state index contributed by atoms with van der Waals surface area (Å²) >= 11 is 0. The quantitative estimate of drug-likeness (QED) is 0.226. The monoisotopic (exact) mass is 328 g/mol. The van der Waals surface area contributed by atoms with E-state index in [0.29, 0.717) is 0 Å². The Hall–Kier alpha value is -0.400. The average Bonchev–Trinajstić information content (AvgIpc) is 2.52. The van der Waals surface area contributed by atoms with E-state index in [1.807, 2.05) is 0 Å². The average molecular weight is 328 g/mol. The molecule has 1 fully saturated rings. The lowest BCUT2D eigenvalue weighted by Gasteiger charge is -2.41. The molecule has 0 radical (unpaired) electrons. The van der Waals surface area contributed by atoms with Gasteiger partial charge in [-0.15, -0.1) is 0 Å². The number of hydrogen-bond acceptors (Lipinski definition) is 10. The van der Waals surface area contributed by atoms with E-state index in [1.165, 1.54) is 6.92 Å². The molecule has 0 spiro atoms. The Morgan fingerprint density at radius 3 is 1.95 bits per heavy atom. The van der Waals surface area contributed by atoms with Gasteiger partial charge in [0.15, 0.2) is 6.29 Å². The molecule has 1 rings (SSSR count). The largest absolute Gasteiger partial charge is 0.394 e. The number of aliphatic hydroxyl groups is 8. The van der Waals surface area contributed by atoms with Crippen molar-refractivity contribution in [2.45, 2.75) is 62.0 Å². The molecule has 0 bridgehead atoms. The van der Waals surface area contributed by atoms with Crippen molar-refractivity contribution in [1.29, 1.82) is 0 Å². The molecule has 1 saturated heterocycles. The van der Waals surface area contributed by atoms with Crippen LogP contribution in [0.15, 0.2) is 0 Å². The van der Waals surface area contributed by atoms with Gasteiger partial charge in [0.05, 0.1) is 19.3 Å². The third-order valence-electron chi connectivity index (χ3n) is 3.58. The smallest absolute Gasteiger partial charge is 0.187 e. The summed E-state index contributed by atoms with van der Waals surface area (Å²) in [5, 5.41) is 75.7. The van der Waals surface area contributed by atoms with Crippen molar-refractivity contribution in [1.82, 2.24) is 0 Å². The highest BCUT2D eigenvalue weighted by molar-refractivity contribution is 4.89. The third kappa shape index (κ3) is 4.32. The number of ether oxygens (including phenoxy) is 2. The molecule has 10 heteroatoms. The van der Waals surface area contributed by atoms with Gasteiger partial charge in [0.2, 0.25) is 0 Å². The van der Waals surface area contributed by atoms with Crippen LogP contribution in [-0.4, -0.2) is 109 Å². The van der Waals surface area contributed by atoms with Gasteiger partial charge in [-0.05, 0) is 6.92 Å². The molecule has 0 aromatic carbocycles. The van der Waals surface area contributed by atoms with Crippen LogP contribution in [0, 0.1) is 0 Å². The number of hydrogen-bond donors (Lipinski definition) is 8. The molecule has 9 atom stereocenters. The lowest BCUT2D eigenvalue weighted by molar-refractivity contribution is -0.321. The summed E-state index contributed by atoms with van der Waals surface area (Å²) in [6, 6.07) is 0. The SMILES string of the molecule is C[C@@H]1O[C@@H](O[C@@H]([C@H](O)[C@H](O)CO)[C@H](O)CO)[C@@H](O)[C@H](O)[C@@H]1O. The van der Waals surface area contributed by atoms with Crippen LogP contribution in [-0.2, 0) is 9.47 Å². The van der Waals surface area contributed by atoms with Crippen molar-refractivity contribution in [2.24, 2.45) is 0 Å². The van der Waals surface area contributed by atoms with Gasteiger partial charge in [-0.1, -0.05) is 0 Å². The molecule has 1 aliphatic rings. The summed E-state index contributed by atoms with van der Waals surface area (Å²) in [6.45, 7) is -0.249. The van der Waals surface area contributed by atoms with Crippen LogP contribution in [0.25, 0.3) is 0 Å². The first-order valence-electron chi connectivity index (χ1n) is 6.85. The van der Waals surface area contributed by atoms with Crippen LogP contribution in [0.3, 0.4) is 0 Å². The minimum atomic E-state index is -1.79. The second-order valence-corrected chi connectivity index (χ2v) is 5.27. The van der Waals surface area contributed by atoms with Gasteiger partial charge in [0.1, 0.15) is 42.7 Å². The van der Waals surface area contributed by atoms with Crippen LogP contribution in [0.2, 0.25) is 0 Å². The highest BCUT2D eigenvalue weighted by Gasteiger charge is 2.45. The Morgan fingerprint density at radius 1 is 0.909 bits per heavy atom. The van der Waals surface area contributed by atoms with E-state index in [1.54, 1.807) is 0 Å². The number of aliphatic hydroxyl groups excluding tert-OH is 8. The molecule has 0 amide bonds. The van der Waals surface area contributed by atoms with Gasteiger partial charge >= 0.3 is 0 Å². The van der Waals surface area contributed by atoms with Gasteiger partial charge in [0, 0.05) is 0 Å².